The Hall–Kier alpha value is -2.88. The van der Waals surface area contributed by atoms with Crippen molar-refractivity contribution in [3.8, 4) is 5.75 Å². The van der Waals surface area contributed by atoms with Crippen LogP contribution in [0.5, 0.6) is 5.75 Å². The molecule has 0 atom stereocenters. The molecule has 0 bridgehead atoms. The number of carbonyl (C=O) groups is 1. The lowest BCUT2D eigenvalue weighted by Gasteiger charge is -2.14. The van der Waals surface area contributed by atoms with Crippen LogP contribution in [0.3, 0.4) is 0 Å². The first-order valence-corrected chi connectivity index (χ1v) is 7.99. The highest BCUT2D eigenvalue weighted by molar-refractivity contribution is 6.13. The van der Waals surface area contributed by atoms with Crippen molar-refractivity contribution >= 4 is 22.6 Å². The highest BCUT2D eigenvalue weighted by atomic mass is 16.5. The van der Waals surface area contributed by atoms with Gasteiger partial charge < -0.3 is 4.74 Å². The van der Waals surface area contributed by atoms with Crippen LogP contribution in [0, 0.1) is 0 Å². The molecule has 1 aliphatic rings. The van der Waals surface area contributed by atoms with Crippen LogP contribution in [0.2, 0.25) is 0 Å². The lowest BCUT2D eigenvalue weighted by Crippen LogP contribution is -2.14. The third-order valence-electron chi connectivity index (χ3n) is 4.64. The number of aryl methyl sites for hydroxylation is 1. The van der Waals surface area contributed by atoms with Gasteiger partial charge in [0.25, 0.3) is 0 Å². The number of ether oxygens (including phenoxy) is 1. The van der Waals surface area contributed by atoms with Crippen LogP contribution in [-0.2, 0) is 13.5 Å². The second-order valence-electron chi connectivity index (χ2n) is 6.10. The van der Waals surface area contributed by atoms with Crippen molar-refractivity contribution < 1.29 is 9.53 Å². The Kier molecular flexibility index (Phi) is 3.45. The highest BCUT2D eigenvalue weighted by Gasteiger charge is 2.24. The van der Waals surface area contributed by atoms with E-state index in [-0.39, 0.29) is 5.78 Å². The number of benzene rings is 2. The first kappa shape index (κ1) is 14.7. The molecule has 0 N–H and O–H groups in total. The molecular formula is C20H18N2O2. The zero-order valence-electron chi connectivity index (χ0n) is 13.7. The Morgan fingerprint density at radius 3 is 2.75 bits per heavy atom. The lowest BCUT2D eigenvalue weighted by atomic mass is 9.90. The quantitative estimate of drug-likeness (QED) is 0.675. The summed E-state index contributed by atoms with van der Waals surface area (Å²) < 4.78 is 7.06. The van der Waals surface area contributed by atoms with Crippen LogP contribution >= 0.6 is 0 Å². The normalized spacial score (nSPS) is 15.8. The first-order valence-electron chi connectivity index (χ1n) is 7.99. The van der Waals surface area contributed by atoms with E-state index in [0.717, 1.165) is 51.8 Å². The number of nitrogens with zero attached hydrogens (tertiary/aromatic N) is 2. The fourth-order valence-electron chi connectivity index (χ4n) is 3.29. The van der Waals surface area contributed by atoms with Crippen molar-refractivity contribution in [2.75, 3.05) is 7.11 Å². The molecule has 0 amide bonds. The molecule has 1 heterocycles. The van der Waals surface area contributed by atoms with E-state index < -0.39 is 0 Å². The minimum Gasteiger partial charge on any atom is -0.497 e. The maximum absolute atomic E-state index is 12.6. The van der Waals surface area contributed by atoms with Crippen molar-refractivity contribution in [2.45, 2.75) is 12.8 Å². The first-order chi connectivity index (χ1) is 11.7. The Morgan fingerprint density at radius 1 is 1.12 bits per heavy atom. The summed E-state index contributed by atoms with van der Waals surface area (Å²) in [6, 6.07) is 12.2. The Bertz CT molecular complexity index is 982. The van der Waals surface area contributed by atoms with E-state index >= 15 is 0 Å². The summed E-state index contributed by atoms with van der Waals surface area (Å²) in [5, 5.41) is 6.46. The van der Waals surface area contributed by atoms with E-state index in [9.17, 15) is 4.79 Å². The predicted octanol–water partition coefficient (Wildman–Crippen LogP) is 3.79. The number of rotatable bonds is 2. The molecule has 1 aromatic heterocycles. The van der Waals surface area contributed by atoms with Crippen molar-refractivity contribution in [3.63, 3.8) is 0 Å². The monoisotopic (exact) mass is 318 g/mol. The number of fused-ring (bicyclic) bond motifs is 2. The fraction of sp³-hybridized carbons (Fsp3) is 0.200. The number of carbonyl (C=O) groups excluding carboxylic acids is 1. The molecule has 0 saturated carbocycles. The fourth-order valence-corrected chi connectivity index (χ4v) is 3.29. The van der Waals surface area contributed by atoms with Gasteiger partial charge in [0.1, 0.15) is 5.75 Å². The van der Waals surface area contributed by atoms with E-state index in [1.54, 1.807) is 18.0 Å². The second-order valence-corrected chi connectivity index (χ2v) is 6.10. The minimum atomic E-state index is 0.0965. The number of aromatic nitrogens is 2. The molecule has 1 aliphatic carbocycles. The summed E-state index contributed by atoms with van der Waals surface area (Å²) in [6.45, 7) is 0. The SMILES string of the molecule is COc1ccc2cc(/C=C3\CCc4c(cnn4C)C3=O)ccc2c1. The Morgan fingerprint density at radius 2 is 1.92 bits per heavy atom. The molecule has 24 heavy (non-hydrogen) atoms. The van der Waals surface area contributed by atoms with Crippen LogP contribution < -0.4 is 4.74 Å². The van der Waals surface area contributed by atoms with E-state index in [0.29, 0.717) is 0 Å². The molecule has 4 heteroatoms. The predicted molar refractivity (Wildman–Crippen MR) is 94.3 cm³/mol. The van der Waals surface area contributed by atoms with Gasteiger partial charge in [-0.1, -0.05) is 18.2 Å². The third kappa shape index (κ3) is 2.40. The molecule has 0 unspecified atom stereocenters. The van der Waals surface area contributed by atoms with Gasteiger partial charge in [0.05, 0.1) is 18.9 Å². The summed E-state index contributed by atoms with van der Waals surface area (Å²) in [4.78, 5) is 12.6. The molecule has 3 aromatic rings. The minimum absolute atomic E-state index is 0.0965. The van der Waals surface area contributed by atoms with Crippen LogP contribution in [0.25, 0.3) is 16.8 Å². The molecule has 120 valence electrons. The zero-order valence-corrected chi connectivity index (χ0v) is 13.7. The maximum atomic E-state index is 12.6. The Labute approximate surface area is 140 Å². The van der Waals surface area contributed by atoms with Crippen LogP contribution in [0.15, 0.2) is 48.2 Å². The maximum Gasteiger partial charge on any atom is 0.192 e. The zero-order chi connectivity index (χ0) is 16.7. The number of allylic oxidation sites excluding steroid dienone is 1. The van der Waals surface area contributed by atoms with Gasteiger partial charge in [-0.2, -0.15) is 5.10 Å². The van der Waals surface area contributed by atoms with Crippen LogP contribution in [-0.4, -0.2) is 22.7 Å². The van der Waals surface area contributed by atoms with Crippen molar-refractivity contribution in [1.82, 2.24) is 9.78 Å². The van der Waals surface area contributed by atoms with Gasteiger partial charge in [-0.25, -0.2) is 0 Å². The van der Waals surface area contributed by atoms with Crippen molar-refractivity contribution in [1.29, 1.82) is 0 Å². The lowest BCUT2D eigenvalue weighted by molar-refractivity contribution is 0.102. The smallest absolute Gasteiger partial charge is 0.192 e. The average molecular weight is 318 g/mol. The number of Topliss-reactive ketones (excluding diaryl/α,β-unsaturated/α-hetero) is 1. The number of hydrogen-bond donors (Lipinski definition) is 0. The highest BCUT2D eigenvalue weighted by Crippen LogP contribution is 2.28. The van der Waals surface area contributed by atoms with Crippen LogP contribution in [0.1, 0.15) is 28.0 Å². The summed E-state index contributed by atoms with van der Waals surface area (Å²) in [5.74, 6) is 0.944. The van der Waals surface area contributed by atoms with Crippen molar-refractivity contribution in [2.24, 2.45) is 7.05 Å². The largest absolute Gasteiger partial charge is 0.497 e. The summed E-state index contributed by atoms with van der Waals surface area (Å²) in [5.41, 5.74) is 3.66. The summed E-state index contributed by atoms with van der Waals surface area (Å²) in [6.07, 6.45) is 5.29. The van der Waals surface area contributed by atoms with Crippen molar-refractivity contribution in [3.05, 3.63) is 65.0 Å². The average Bonchev–Trinajstić information content (AvgIpc) is 2.98. The Balaban J connectivity index is 1.71. The van der Waals surface area contributed by atoms with Gasteiger partial charge >= 0.3 is 0 Å². The van der Waals surface area contributed by atoms with E-state index in [2.05, 4.69) is 17.2 Å². The molecule has 4 rings (SSSR count). The topological polar surface area (TPSA) is 44.1 Å². The van der Waals surface area contributed by atoms with E-state index in [4.69, 9.17) is 4.74 Å². The number of hydrogen-bond acceptors (Lipinski definition) is 3. The molecule has 0 aliphatic heterocycles. The van der Waals surface area contributed by atoms with E-state index in [1.807, 2.05) is 37.4 Å². The van der Waals surface area contributed by atoms with Gasteiger partial charge in [-0.3, -0.25) is 9.48 Å². The molecule has 0 fully saturated rings. The third-order valence-corrected chi connectivity index (χ3v) is 4.64. The van der Waals surface area contributed by atoms with E-state index in [1.165, 1.54) is 0 Å². The standard InChI is InChI=1S/C20H18N2O2/c1-22-19-8-6-16(20(23)18(19)12-21-22)10-13-3-4-15-11-17(24-2)7-5-14(15)9-13/h3-5,7,9-12H,6,8H2,1-2H3/b16-10+. The molecule has 0 spiro atoms. The second kappa shape index (κ2) is 5.64. The number of methoxy groups -OCH3 is 1. The van der Waals surface area contributed by atoms with Gasteiger partial charge in [0.2, 0.25) is 0 Å². The van der Waals surface area contributed by atoms with Crippen LogP contribution in [0.4, 0.5) is 0 Å². The van der Waals surface area contributed by atoms with Gasteiger partial charge in [-0.05, 0) is 53.5 Å². The molecule has 0 radical (unpaired) electrons. The van der Waals surface area contributed by atoms with Gasteiger partial charge in [-0.15, -0.1) is 0 Å². The number of ketones is 1. The summed E-state index contributed by atoms with van der Waals surface area (Å²) in [7, 11) is 3.56. The molecule has 2 aromatic carbocycles. The molecule has 0 saturated heterocycles. The molecule has 4 nitrogen and oxygen atoms in total. The van der Waals surface area contributed by atoms with Gasteiger partial charge in [0, 0.05) is 18.3 Å². The summed E-state index contributed by atoms with van der Waals surface area (Å²) >= 11 is 0. The molecular weight excluding hydrogens is 300 g/mol. The van der Waals surface area contributed by atoms with Gasteiger partial charge in [0.15, 0.2) is 5.78 Å².